The van der Waals surface area contributed by atoms with Crippen LogP contribution in [0.3, 0.4) is 0 Å². The number of hydrogen-bond acceptors (Lipinski definition) is 5. The van der Waals surface area contributed by atoms with Crippen LogP contribution in [0.2, 0.25) is 4.34 Å². The summed E-state index contributed by atoms with van der Waals surface area (Å²) < 4.78 is 13.1. The lowest BCUT2D eigenvalue weighted by atomic mass is 10.2. The molecule has 1 aromatic rings. The summed E-state index contributed by atoms with van der Waals surface area (Å²) in [6.45, 7) is 4.36. The molecule has 0 unspecified atom stereocenters. The number of rotatable bonds is 8. The van der Waals surface area contributed by atoms with Gasteiger partial charge in [0.15, 0.2) is 5.82 Å². The number of nitrogens with zero attached hydrogens (tertiary/aromatic N) is 1. The van der Waals surface area contributed by atoms with Crippen LogP contribution in [0.4, 0.5) is 10.2 Å². The number of nitrogens with two attached hydrogens (primary N) is 1. The van der Waals surface area contributed by atoms with Gasteiger partial charge in [-0.05, 0) is 26.3 Å². The van der Waals surface area contributed by atoms with Crippen LogP contribution in [0.15, 0.2) is 0 Å². The van der Waals surface area contributed by atoms with E-state index in [-0.39, 0.29) is 0 Å². The molecule has 98 valence electrons. The van der Waals surface area contributed by atoms with E-state index in [4.69, 9.17) is 17.3 Å². The lowest BCUT2D eigenvalue weighted by Gasteiger charge is -2.10. The van der Waals surface area contributed by atoms with E-state index in [0.29, 0.717) is 22.7 Å². The molecule has 4 N–H and O–H groups in total. The molecule has 1 rings (SSSR count). The molecule has 17 heavy (non-hydrogen) atoms. The molecule has 0 aliphatic rings. The summed E-state index contributed by atoms with van der Waals surface area (Å²) in [5.74, 6) is 0.442. The summed E-state index contributed by atoms with van der Waals surface area (Å²) in [7, 11) is 0. The van der Waals surface area contributed by atoms with E-state index in [1.165, 1.54) is 0 Å². The minimum atomic E-state index is -0.504. The zero-order valence-electron chi connectivity index (χ0n) is 9.80. The third-order valence-electron chi connectivity index (χ3n) is 2.30. The maximum atomic E-state index is 12.7. The summed E-state index contributed by atoms with van der Waals surface area (Å²) in [4.78, 5) is 3.65. The van der Waals surface area contributed by atoms with Gasteiger partial charge in [-0.3, -0.25) is 0 Å². The van der Waals surface area contributed by atoms with Crippen molar-refractivity contribution in [2.24, 2.45) is 5.73 Å². The summed E-state index contributed by atoms with van der Waals surface area (Å²) in [6.07, 6.45) is 2.00. The van der Waals surface area contributed by atoms with Gasteiger partial charge in [-0.2, -0.15) is 9.37 Å². The zero-order valence-corrected chi connectivity index (χ0v) is 11.4. The summed E-state index contributed by atoms with van der Waals surface area (Å²) in [6, 6.07) is 0.352. The second-order valence-electron chi connectivity index (χ2n) is 3.81. The first kappa shape index (κ1) is 14.6. The normalized spacial score (nSPS) is 12.7. The third-order valence-corrected chi connectivity index (χ3v) is 3.34. The molecule has 1 aromatic heterocycles. The Balaban J connectivity index is 2.06. The number of aromatic nitrogens is 1. The van der Waals surface area contributed by atoms with Crippen LogP contribution in [0.1, 0.15) is 19.8 Å². The average Bonchev–Trinajstić information content (AvgIpc) is 2.62. The standard InChI is InChI=1S/C10H18ClFN4S/c1-7(6-13)14-4-2-3-5-15-9-8(11)17-10(12)16-9/h7,14-15H,2-6,13H2,1H3/t7-/m0/s1. The van der Waals surface area contributed by atoms with Crippen LogP contribution in [0, 0.1) is 5.26 Å². The Bertz CT molecular complexity index is 334. The fourth-order valence-corrected chi connectivity index (χ4v) is 2.07. The van der Waals surface area contributed by atoms with Crippen molar-refractivity contribution < 1.29 is 4.39 Å². The first-order valence-corrected chi connectivity index (χ1v) is 6.82. The predicted molar refractivity (Wildman–Crippen MR) is 71.3 cm³/mol. The first-order valence-electron chi connectivity index (χ1n) is 5.62. The van der Waals surface area contributed by atoms with Crippen LogP contribution in [-0.2, 0) is 0 Å². The smallest absolute Gasteiger partial charge is 0.272 e. The molecule has 4 nitrogen and oxygen atoms in total. The number of hydrogen-bond donors (Lipinski definition) is 3. The molecule has 0 radical (unpaired) electrons. The molecule has 0 bridgehead atoms. The van der Waals surface area contributed by atoms with Crippen molar-refractivity contribution in [3.8, 4) is 0 Å². The zero-order chi connectivity index (χ0) is 12.7. The summed E-state index contributed by atoms with van der Waals surface area (Å²) in [5, 5.41) is 5.80. The molecular formula is C10H18ClFN4S. The Morgan fingerprint density at radius 1 is 1.47 bits per heavy atom. The van der Waals surface area contributed by atoms with Crippen molar-refractivity contribution in [1.82, 2.24) is 10.3 Å². The Kier molecular flexibility index (Phi) is 6.72. The minimum absolute atomic E-state index is 0.352. The Morgan fingerprint density at radius 3 is 2.76 bits per heavy atom. The summed E-state index contributed by atoms with van der Waals surface area (Å²) in [5.41, 5.74) is 5.48. The highest BCUT2D eigenvalue weighted by Crippen LogP contribution is 2.27. The molecule has 0 aliphatic carbocycles. The topological polar surface area (TPSA) is 63.0 Å². The minimum Gasteiger partial charge on any atom is -0.368 e. The molecular weight excluding hydrogens is 263 g/mol. The van der Waals surface area contributed by atoms with E-state index in [1.807, 2.05) is 0 Å². The van der Waals surface area contributed by atoms with Crippen molar-refractivity contribution in [2.45, 2.75) is 25.8 Å². The van der Waals surface area contributed by atoms with Crippen LogP contribution in [-0.4, -0.2) is 30.7 Å². The number of unbranched alkanes of at least 4 members (excludes halogenated alkanes) is 1. The number of halogens is 2. The van der Waals surface area contributed by atoms with Gasteiger partial charge in [0, 0.05) is 19.1 Å². The van der Waals surface area contributed by atoms with Gasteiger partial charge in [0.05, 0.1) is 0 Å². The van der Waals surface area contributed by atoms with Gasteiger partial charge in [0.1, 0.15) is 4.34 Å². The van der Waals surface area contributed by atoms with Crippen LogP contribution in [0.5, 0.6) is 0 Å². The van der Waals surface area contributed by atoms with E-state index in [0.717, 1.165) is 37.3 Å². The molecule has 0 saturated carbocycles. The molecule has 0 fully saturated rings. The van der Waals surface area contributed by atoms with E-state index in [1.54, 1.807) is 0 Å². The SMILES string of the molecule is C[C@@H](CN)NCCCCNc1nc(F)sc1Cl. The molecule has 0 amide bonds. The van der Waals surface area contributed by atoms with Crippen LogP contribution in [0.25, 0.3) is 0 Å². The van der Waals surface area contributed by atoms with Crippen molar-refractivity contribution in [2.75, 3.05) is 25.0 Å². The number of nitrogens with one attached hydrogen (secondary N) is 2. The van der Waals surface area contributed by atoms with Gasteiger partial charge in [0.2, 0.25) is 0 Å². The Hall–Kier alpha value is -0.430. The molecule has 0 aromatic carbocycles. The quantitative estimate of drug-likeness (QED) is 0.638. The maximum absolute atomic E-state index is 12.7. The first-order chi connectivity index (χ1) is 8.13. The molecule has 1 atom stereocenters. The summed E-state index contributed by atoms with van der Waals surface area (Å²) >= 11 is 6.62. The van der Waals surface area contributed by atoms with E-state index in [2.05, 4.69) is 22.5 Å². The fraction of sp³-hybridized carbons (Fsp3) is 0.700. The Morgan fingerprint density at radius 2 is 2.18 bits per heavy atom. The van der Waals surface area contributed by atoms with Gasteiger partial charge in [0.25, 0.3) is 5.26 Å². The van der Waals surface area contributed by atoms with E-state index < -0.39 is 5.26 Å². The van der Waals surface area contributed by atoms with Gasteiger partial charge >= 0.3 is 0 Å². The van der Waals surface area contributed by atoms with Gasteiger partial charge in [-0.25, -0.2) is 0 Å². The van der Waals surface area contributed by atoms with Gasteiger partial charge in [-0.15, -0.1) is 0 Å². The van der Waals surface area contributed by atoms with E-state index in [9.17, 15) is 4.39 Å². The molecule has 0 saturated heterocycles. The predicted octanol–water partition coefficient (Wildman–Crippen LogP) is 2.06. The van der Waals surface area contributed by atoms with E-state index >= 15 is 0 Å². The highest BCUT2D eigenvalue weighted by atomic mass is 35.5. The van der Waals surface area contributed by atoms with Crippen molar-refractivity contribution in [3.05, 3.63) is 9.60 Å². The molecule has 7 heteroatoms. The van der Waals surface area contributed by atoms with Crippen LogP contribution < -0.4 is 16.4 Å². The van der Waals surface area contributed by atoms with Gasteiger partial charge in [-0.1, -0.05) is 22.9 Å². The molecule has 1 heterocycles. The maximum Gasteiger partial charge on any atom is 0.272 e. The van der Waals surface area contributed by atoms with Gasteiger partial charge < -0.3 is 16.4 Å². The van der Waals surface area contributed by atoms with Crippen LogP contribution >= 0.6 is 22.9 Å². The lowest BCUT2D eigenvalue weighted by molar-refractivity contribution is 0.537. The molecule has 0 spiro atoms. The third kappa shape index (κ3) is 5.63. The highest BCUT2D eigenvalue weighted by molar-refractivity contribution is 7.15. The van der Waals surface area contributed by atoms with Crippen molar-refractivity contribution in [1.29, 1.82) is 0 Å². The fourth-order valence-electron chi connectivity index (χ4n) is 1.27. The second-order valence-corrected chi connectivity index (χ2v) is 5.37. The Labute approximate surface area is 110 Å². The lowest BCUT2D eigenvalue weighted by Crippen LogP contribution is -2.33. The van der Waals surface area contributed by atoms with Crippen molar-refractivity contribution in [3.63, 3.8) is 0 Å². The second kappa shape index (κ2) is 7.81. The number of anilines is 1. The molecule has 0 aliphatic heterocycles. The van der Waals surface area contributed by atoms with Crippen molar-refractivity contribution >= 4 is 28.8 Å². The monoisotopic (exact) mass is 280 g/mol. The average molecular weight is 281 g/mol. The largest absolute Gasteiger partial charge is 0.368 e. The highest BCUT2D eigenvalue weighted by Gasteiger charge is 2.07. The number of thiazole rings is 1.